The molecule has 0 spiro atoms. The molecule has 0 aliphatic carbocycles. The van der Waals surface area contributed by atoms with E-state index in [4.69, 9.17) is 11.5 Å². The summed E-state index contributed by atoms with van der Waals surface area (Å²) in [6, 6.07) is 9.65. The SMILES string of the molecule is CCCCN(Cc1c(N)cccc1N)c1nnc(-c2ccc3nccn3c2)s1. The summed E-state index contributed by atoms with van der Waals surface area (Å²) in [4.78, 5) is 6.49. The first-order valence-electron chi connectivity index (χ1n) is 9.30. The number of nitrogen functional groups attached to an aromatic ring is 2. The van der Waals surface area contributed by atoms with Gasteiger partial charge in [-0.05, 0) is 30.7 Å². The molecular formula is C20H23N7S. The number of unbranched alkanes of at least 4 members (excludes halogenated alkanes) is 1. The van der Waals surface area contributed by atoms with E-state index in [9.17, 15) is 0 Å². The van der Waals surface area contributed by atoms with Crippen LogP contribution in [-0.2, 0) is 6.54 Å². The first-order chi connectivity index (χ1) is 13.7. The van der Waals surface area contributed by atoms with Crippen LogP contribution in [0.4, 0.5) is 16.5 Å². The molecule has 0 saturated carbocycles. The van der Waals surface area contributed by atoms with Gasteiger partial charge in [-0.25, -0.2) is 4.98 Å². The predicted molar refractivity (Wildman–Crippen MR) is 115 cm³/mol. The smallest absolute Gasteiger partial charge is 0.208 e. The van der Waals surface area contributed by atoms with Crippen molar-refractivity contribution in [1.29, 1.82) is 0 Å². The van der Waals surface area contributed by atoms with E-state index in [0.29, 0.717) is 17.9 Å². The lowest BCUT2D eigenvalue weighted by Crippen LogP contribution is -2.25. The lowest BCUT2D eigenvalue weighted by molar-refractivity contribution is 0.711. The van der Waals surface area contributed by atoms with Gasteiger partial charge in [0, 0.05) is 54.2 Å². The second-order valence-corrected chi connectivity index (χ2v) is 7.65. The molecule has 0 radical (unpaired) electrons. The minimum Gasteiger partial charge on any atom is -0.398 e. The Morgan fingerprint density at radius 1 is 1.11 bits per heavy atom. The molecule has 4 rings (SSSR count). The van der Waals surface area contributed by atoms with Crippen LogP contribution in [0.3, 0.4) is 0 Å². The summed E-state index contributed by atoms with van der Waals surface area (Å²) in [7, 11) is 0. The highest BCUT2D eigenvalue weighted by Crippen LogP contribution is 2.31. The highest BCUT2D eigenvalue weighted by Gasteiger charge is 2.17. The fourth-order valence-corrected chi connectivity index (χ4v) is 3.95. The molecule has 8 heteroatoms. The van der Waals surface area contributed by atoms with E-state index in [-0.39, 0.29) is 0 Å². The Morgan fingerprint density at radius 3 is 2.71 bits per heavy atom. The third-order valence-electron chi connectivity index (χ3n) is 4.70. The molecule has 3 aromatic heterocycles. The van der Waals surface area contributed by atoms with Crippen molar-refractivity contribution in [3.63, 3.8) is 0 Å². The molecule has 144 valence electrons. The van der Waals surface area contributed by atoms with Gasteiger partial charge in [0.15, 0.2) is 5.01 Å². The molecule has 1 aromatic carbocycles. The van der Waals surface area contributed by atoms with E-state index in [1.54, 1.807) is 17.5 Å². The van der Waals surface area contributed by atoms with Gasteiger partial charge in [0.05, 0.1) is 0 Å². The van der Waals surface area contributed by atoms with Crippen molar-refractivity contribution in [2.24, 2.45) is 0 Å². The van der Waals surface area contributed by atoms with Crippen LogP contribution < -0.4 is 16.4 Å². The average molecular weight is 394 g/mol. The average Bonchev–Trinajstić information content (AvgIpc) is 3.36. The van der Waals surface area contributed by atoms with E-state index >= 15 is 0 Å². The molecule has 0 aliphatic heterocycles. The lowest BCUT2D eigenvalue weighted by Gasteiger charge is -2.23. The number of rotatable bonds is 7. The van der Waals surface area contributed by atoms with Gasteiger partial charge in [0.1, 0.15) is 5.65 Å². The van der Waals surface area contributed by atoms with Crippen LogP contribution in [0.15, 0.2) is 48.9 Å². The largest absolute Gasteiger partial charge is 0.398 e. The van der Waals surface area contributed by atoms with Gasteiger partial charge in [0.2, 0.25) is 5.13 Å². The Kier molecular flexibility index (Phi) is 5.12. The molecule has 0 amide bonds. The van der Waals surface area contributed by atoms with Crippen molar-refractivity contribution in [3.05, 3.63) is 54.5 Å². The summed E-state index contributed by atoms with van der Waals surface area (Å²) >= 11 is 1.57. The molecular weight excluding hydrogens is 370 g/mol. The van der Waals surface area contributed by atoms with Crippen LogP contribution in [0, 0.1) is 0 Å². The highest BCUT2D eigenvalue weighted by atomic mass is 32.1. The van der Waals surface area contributed by atoms with E-state index in [0.717, 1.165) is 46.3 Å². The number of imidazole rings is 1. The van der Waals surface area contributed by atoms with Crippen molar-refractivity contribution in [2.45, 2.75) is 26.3 Å². The molecule has 0 bridgehead atoms. The number of nitrogens with zero attached hydrogens (tertiary/aromatic N) is 5. The maximum Gasteiger partial charge on any atom is 0.208 e. The zero-order chi connectivity index (χ0) is 19.5. The van der Waals surface area contributed by atoms with Crippen LogP contribution >= 0.6 is 11.3 Å². The molecule has 0 atom stereocenters. The van der Waals surface area contributed by atoms with Crippen LogP contribution in [-0.4, -0.2) is 26.1 Å². The van der Waals surface area contributed by atoms with Crippen molar-refractivity contribution in [1.82, 2.24) is 19.6 Å². The van der Waals surface area contributed by atoms with Crippen LogP contribution in [0.1, 0.15) is 25.3 Å². The highest BCUT2D eigenvalue weighted by molar-refractivity contribution is 7.18. The number of anilines is 3. The van der Waals surface area contributed by atoms with Gasteiger partial charge in [-0.2, -0.15) is 0 Å². The van der Waals surface area contributed by atoms with Gasteiger partial charge in [-0.3, -0.25) is 0 Å². The minimum atomic E-state index is 0.619. The molecule has 0 unspecified atom stereocenters. The Hall–Kier alpha value is -3.13. The maximum atomic E-state index is 6.17. The van der Waals surface area contributed by atoms with E-state index in [2.05, 4.69) is 27.0 Å². The Bertz CT molecular complexity index is 1060. The Balaban J connectivity index is 1.63. The van der Waals surface area contributed by atoms with Gasteiger partial charge in [-0.15, -0.1) is 10.2 Å². The van der Waals surface area contributed by atoms with Gasteiger partial charge in [-0.1, -0.05) is 30.7 Å². The Morgan fingerprint density at radius 2 is 1.93 bits per heavy atom. The third kappa shape index (κ3) is 3.63. The first kappa shape index (κ1) is 18.2. The molecule has 4 N–H and O–H groups in total. The number of hydrogen-bond acceptors (Lipinski definition) is 7. The van der Waals surface area contributed by atoms with Crippen LogP contribution in [0.25, 0.3) is 16.2 Å². The standard InChI is InChI=1S/C20H23N7S/c1-2-3-10-27(13-15-16(21)5-4-6-17(15)22)20-25-24-19(28-20)14-7-8-18-23-9-11-26(18)12-14/h4-9,11-12H,2-3,10,13,21-22H2,1H3. The van der Waals surface area contributed by atoms with Crippen molar-refractivity contribution in [3.8, 4) is 10.6 Å². The van der Waals surface area contributed by atoms with Crippen LogP contribution in [0.5, 0.6) is 0 Å². The summed E-state index contributed by atoms with van der Waals surface area (Å²) in [5.41, 5.74) is 16.6. The van der Waals surface area contributed by atoms with E-state index in [1.807, 2.05) is 47.1 Å². The van der Waals surface area contributed by atoms with Crippen LogP contribution in [0.2, 0.25) is 0 Å². The topological polar surface area (TPSA) is 98.4 Å². The van der Waals surface area contributed by atoms with E-state index < -0.39 is 0 Å². The van der Waals surface area contributed by atoms with Crippen molar-refractivity contribution < 1.29 is 0 Å². The number of aromatic nitrogens is 4. The zero-order valence-corrected chi connectivity index (χ0v) is 16.6. The maximum absolute atomic E-state index is 6.17. The van der Waals surface area contributed by atoms with Gasteiger partial charge < -0.3 is 20.8 Å². The lowest BCUT2D eigenvalue weighted by atomic mass is 10.1. The van der Waals surface area contributed by atoms with Crippen molar-refractivity contribution >= 4 is 33.5 Å². The number of pyridine rings is 1. The summed E-state index contributed by atoms with van der Waals surface area (Å²) in [5.74, 6) is 0. The van der Waals surface area contributed by atoms with Gasteiger partial charge >= 0.3 is 0 Å². The van der Waals surface area contributed by atoms with E-state index in [1.165, 1.54) is 0 Å². The predicted octanol–water partition coefficient (Wildman–Crippen LogP) is 3.82. The summed E-state index contributed by atoms with van der Waals surface area (Å²) in [6.07, 6.45) is 7.89. The second-order valence-electron chi connectivity index (χ2n) is 6.69. The fourth-order valence-electron chi connectivity index (χ4n) is 3.09. The number of nitrogens with two attached hydrogens (primary N) is 2. The number of fused-ring (bicyclic) bond motifs is 1. The molecule has 7 nitrogen and oxygen atoms in total. The summed E-state index contributed by atoms with van der Waals surface area (Å²) in [6.45, 7) is 3.67. The monoisotopic (exact) mass is 393 g/mol. The summed E-state index contributed by atoms with van der Waals surface area (Å²) < 4.78 is 1.98. The molecule has 0 saturated heterocycles. The minimum absolute atomic E-state index is 0.619. The molecule has 3 heterocycles. The molecule has 28 heavy (non-hydrogen) atoms. The molecule has 4 aromatic rings. The summed E-state index contributed by atoms with van der Waals surface area (Å²) in [5, 5.41) is 10.6. The molecule has 0 fully saturated rings. The number of hydrogen-bond donors (Lipinski definition) is 2. The first-order valence-corrected chi connectivity index (χ1v) is 10.1. The second kappa shape index (κ2) is 7.85. The molecule has 0 aliphatic rings. The zero-order valence-electron chi connectivity index (χ0n) is 15.7. The normalized spacial score (nSPS) is 11.2. The fraction of sp³-hybridized carbons (Fsp3) is 0.250. The third-order valence-corrected chi connectivity index (χ3v) is 5.73. The van der Waals surface area contributed by atoms with Gasteiger partial charge in [0.25, 0.3) is 0 Å². The van der Waals surface area contributed by atoms with Crippen molar-refractivity contribution in [2.75, 3.05) is 22.9 Å². The Labute approximate surface area is 167 Å². The quantitative estimate of drug-likeness (QED) is 0.463. The number of benzene rings is 1.